The molecule has 2 heterocycles. The number of aromatic nitrogens is 4. The lowest BCUT2D eigenvalue weighted by Gasteiger charge is -2.11. The van der Waals surface area contributed by atoms with E-state index in [4.69, 9.17) is 0 Å². The van der Waals surface area contributed by atoms with Gasteiger partial charge < -0.3 is 5.32 Å². The minimum Gasteiger partial charge on any atom is -0.322 e. The molecule has 1 amide bonds. The second kappa shape index (κ2) is 5.77. The molecule has 0 spiro atoms. The van der Waals surface area contributed by atoms with Crippen LogP contribution in [-0.2, 0) is 0 Å². The van der Waals surface area contributed by atoms with E-state index >= 15 is 0 Å². The molecule has 0 aliphatic rings. The van der Waals surface area contributed by atoms with Crippen molar-refractivity contribution in [3.63, 3.8) is 0 Å². The van der Waals surface area contributed by atoms with Crippen LogP contribution in [0.1, 0.15) is 21.5 Å². The Hall–Kier alpha value is -3.02. The Morgan fingerprint density at radius 2 is 1.77 bits per heavy atom. The number of hydrogen-bond acceptors (Lipinski definition) is 4. The lowest BCUT2D eigenvalue weighted by Crippen LogP contribution is -2.14. The molecule has 2 aromatic heterocycles. The average molecular weight is 293 g/mol. The summed E-state index contributed by atoms with van der Waals surface area (Å²) in [7, 11) is 0. The molecule has 1 N–H and O–H groups in total. The molecule has 0 aliphatic heterocycles. The number of benzene rings is 1. The third-order valence-electron chi connectivity index (χ3n) is 3.41. The van der Waals surface area contributed by atoms with Crippen molar-refractivity contribution >= 4 is 11.6 Å². The fraction of sp³-hybridized carbons (Fsp3) is 0.125. The van der Waals surface area contributed by atoms with Crippen molar-refractivity contribution < 1.29 is 4.79 Å². The molecule has 110 valence electrons. The van der Waals surface area contributed by atoms with E-state index in [1.54, 1.807) is 22.9 Å². The Balaban J connectivity index is 1.88. The van der Waals surface area contributed by atoms with Gasteiger partial charge in [0.1, 0.15) is 18.5 Å². The number of amides is 1. The van der Waals surface area contributed by atoms with Crippen LogP contribution < -0.4 is 5.32 Å². The van der Waals surface area contributed by atoms with Gasteiger partial charge in [0.05, 0.1) is 0 Å². The van der Waals surface area contributed by atoms with Gasteiger partial charge in [0.25, 0.3) is 5.91 Å². The molecule has 0 bridgehead atoms. The molecule has 1 aromatic carbocycles. The minimum absolute atomic E-state index is 0.172. The number of para-hydroxylation sites is 1. The molecule has 0 saturated heterocycles. The topological polar surface area (TPSA) is 72.7 Å². The third kappa shape index (κ3) is 2.71. The molecule has 3 rings (SSSR count). The van der Waals surface area contributed by atoms with Gasteiger partial charge in [-0.1, -0.05) is 18.2 Å². The first-order valence-corrected chi connectivity index (χ1v) is 6.84. The number of carbonyl (C=O) groups excluding carboxylic acids is 1. The van der Waals surface area contributed by atoms with Crippen LogP contribution >= 0.6 is 0 Å². The van der Waals surface area contributed by atoms with E-state index in [1.165, 1.54) is 12.7 Å². The molecular formula is C16H15N5O. The highest BCUT2D eigenvalue weighted by molar-refractivity contribution is 6.05. The first kappa shape index (κ1) is 13.9. The Labute approximate surface area is 127 Å². The molecule has 0 saturated carbocycles. The first-order valence-electron chi connectivity index (χ1n) is 6.84. The second-order valence-electron chi connectivity index (χ2n) is 4.99. The molecule has 0 atom stereocenters. The number of carbonyl (C=O) groups is 1. The Morgan fingerprint density at radius 1 is 1.09 bits per heavy atom. The zero-order valence-corrected chi connectivity index (χ0v) is 12.3. The molecule has 6 nitrogen and oxygen atoms in total. The maximum absolute atomic E-state index is 12.5. The Morgan fingerprint density at radius 3 is 2.45 bits per heavy atom. The first-order chi connectivity index (χ1) is 10.6. The predicted molar refractivity (Wildman–Crippen MR) is 83.0 cm³/mol. The summed E-state index contributed by atoms with van der Waals surface area (Å²) in [4.78, 5) is 16.7. The van der Waals surface area contributed by atoms with Crippen LogP contribution in [0.25, 0.3) is 5.82 Å². The van der Waals surface area contributed by atoms with Crippen LogP contribution in [0, 0.1) is 13.8 Å². The van der Waals surface area contributed by atoms with Crippen LogP contribution in [-0.4, -0.2) is 25.7 Å². The highest BCUT2D eigenvalue weighted by Gasteiger charge is 2.11. The summed E-state index contributed by atoms with van der Waals surface area (Å²) in [6.07, 6.45) is 4.67. The van der Waals surface area contributed by atoms with Gasteiger partial charge in [0.2, 0.25) is 0 Å². The fourth-order valence-electron chi connectivity index (χ4n) is 2.22. The van der Waals surface area contributed by atoms with Crippen molar-refractivity contribution in [3.8, 4) is 5.82 Å². The maximum Gasteiger partial charge on any atom is 0.255 e. The Bertz CT molecular complexity index is 791. The largest absolute Gasteiger partial charge is 0.322 e. The molecule has 0 radical (unpaired) electrons. The number of nitrogens with zero attached hydrogens (tertiary/aromatic N) is 4. The molecule has 0 aliphatic carbocycles. The fourth-order valence-corrected chi connectivity index (χ4v) is 2.22. The van der Waals surface area contributed by atoms with Crippen molar-refractivity contribution in [3.05, 3.63) is 65.9 Å². The Kier molecular flexibility index (Phi) is 3.65. The number of pyridine rings is 1. The molecule has 0 fully saturated rings. The molecular weight excluding hydrogens is 278 g/mol. The number of anilines is 1. The van der Waals surface area contributed by atoms with Crippen molar-refractivity contribution in [2.24, 2.45) is 0 Å². The predicted octanol–water partition coefficient (Wildman–Crippen LogP) is 2.53. The monoisotopic (exact) mass is 293 g/mol. The molecule has 0 unspecified atom stereocenters. The van der Waals surface area contributed by atoms with Crippen LogP contribution in [0.2, 0.25) is 0 Å². The van der Waals surface area contributed by atoms with Crippen LogP contribution in [0.4, 0.5) is 5.69 Å². The normalized spacial score (nSPS) is 10.5. The van der Waals surface area contributed by atoms with E-state index in [1.807, 2.05) is 32.0 Å². The third-order valence-corrected chi connectivity index (χ3v) is 3.41. The lowest BCUT2D eigenvalue weighted by atomic mass is 10.1. The van der Waals surface area contributed by atoms with E-state index in [2.05, 4.69) is 20.5 Å². The summed E-state index contributed by atoms with van der Waals surface area (Å²) < 4.78 is 1.65. The SMILES string of the molecule is Cc1cccc(C)c1NC(=O)c1ccnc(-n2cnnc2)c1. The van der Waals surface area contributed by atoms with Crippen molar-refractivity contribution in [2.75, 3.05) is 5.32 Å². The van der Waals surface area contributed by atoms with Gasteiger partial charge >= 0.3 is 0 Å². The van der Waals surface area contributed by atoms with Gasteiger partial charge in [-0.2, -0.15) is 0 Å². The number of hydrogen-bond donors (Lipinski definition) is 1. The van der Waals surface area contributed by atoms with E-state index in [-0.39, 0.29) is 5.91 Å². The van der Waals surface area contributed by atoms with Crippen LogP contribution in [0.15, 0.2) is 49.2 Å². The molecule has 3 aromatic rings. The van der Waals surface area contributed by atoms with E-state index in [9.17, 15) is 4.79 Å². The second-order valence-corrected chi connectivity index (χ2v) is 4.99. The van der Waals surface area contributed by atoms with Gasteiger partial charge in [-0.3, -0.25) is 9.36 Å². The summed E-state index contributed by atoms with van der Waals surface area (Å²) in [5, 5.41) is 10.4. The van der Waals surface area contributed by atoms with Gasteiger partial charge in [0.15, 0.2) is 0 Å². The van der Waals surface area contributed by atoms with Crippen molar-refractivity contribution in [1.82, 2.24) is 19.7 Å². The zero-order chi connectivity index (χ0) is 15.5. The van der Waals surface area contributed by atoms with E-state index in [0.717, 1.165) is 16.8 Å². The number of aryl methyl sites for hydroxylation is 2. The number of rotatable bonds is 3. The quantitative estimate of drug-likeness (QED) is 0.805. The summed E-state index contributed by atoms with van der Waals surface area (Å²) >= 11 is 0. The lowest BCUT2D eigenvalue weighted by molar-refractivity contribution is 0.102. The maximum atomic E-state index is 12.5. The van der Waals surface area contributed by atoms with Crippen LogP contribution in [0.5, 0.6) is 0 Å². The van der Waals surface area contributed by atoms with Gasteiger partial charge in [-0.25, -0.2) is 4.98 Å². The number of nitrogens with one attached hydrogen (secondary N) is 1. The highest BCUT2D eigenvalue weighted by atomic mass is 16.1. The summed E-state index contributed by atoms with van der Waals surface area (Å²) in [5.74, 6) is 0.424. The average Bonchev–Trinajstić information content (AvgIpc) is 3.05. The summed E-state index contributed by atoms with van der Waals surface area (Å²) in [6, 6.07) is 9.29. The summed E-state index contributed by atoms with van der Waals surface area (Å²) in [6.45, 7) is 3.94. The van der Waals surface area contributed by atoms with Crippen LogP contribution in [0.3, 0.4) is 0 Å². The highest BCUT2D eigenvalue weighted by Crippen LogP contribution is 2.20. The standard InChI is InChI=1S/C16H15N5O/c1-11-4-3-5-12(2)15(11)20-16(22)13-6-7-17-14(8-13)21-9-18-19-10-21/h3-10H,1-2H3,(H,20,22). The van der Waals surface area contributed by atoms with E-state index < -0.39 is 0 Å². The van der Waals surface area contributed by atoms with Gasteiger partial charge in [-0.15, -0.1) is 10.2 Å². The van der Waals surface area contributed by atoms with E-state index in [0.29, 0.717) is 11.4 Å². The van der Waals surface area contributed by atoms with Crippen molar-refractivity contribution in [2.45, 2.75) is 13.8 Å². The smallest absolute Gasteiger partial charge is 0.255 e. The zero-order valence-electron chi connectivity index (χ0n) is 12.3. The van der Waals surface area contributed by atoms with Gasteiger partial charge in [0, 0.05) is 17.4 Å². The molecule has 22 heavy (non-hydrogen) atoms. The minimum atomic E-state index is -0.172. The van der Waals surface area contributed by atoms with Gasteiger partial charge in [-0.05, 0) is 37.1 Å². The molecule has 6 heteroatoms. The van der Waals surface area contributed by atoms with Crippen molar-refractivity contribution in [1.29, 1.82) is 0 Å². The summed E-state index contributed by atoms with van der Waals surface area (Å²) in [5.41, 5.74) is 3.43.